The molecule has 4 rings (SSSR count). The molecule has 36 heavy (non-hydrogen) atoms. The summed E-state index contributed by atoms with van der Waals surface area (Å²) in [5.74, 6) is 1.07. The molecule has 0 fully saturated rings. The number of unbranched alkanes of at least 4 members (excludes halogenated alkanes) is 2. The Morgan fingerprint density at radius 3 is 2.64 bits per heavy atom. The van der Waals surface area contributed by atoms with Crippen molar-refractivity contribution in [1.82, 2.24) is 0 Å². The van der Waals surface area contributed by atoms with Gasteiger partial charge in [0.05, 0.1) is 25.2 Å². The van der Waals surface area contributed by atoms with E-state index in [1.807, 2.05) is 24.3 Å². The summed E-state index contributed by atoms with van der Waals surface area (Å²) in [4.78, 5) is 12.9. The van der Waals surface area contributed by atoms with Crippen molar-refractivity contribution >= 4 is 11.9 Å². The Morgan fingerprint density at radius 2 is 1.86 bits per heavy atom. The monoisotopic (exact) mass is 490 g/mol. The Balaban J connectivity index is 1.52. The van der Waals surface area contributed by atoms with Gasteiger partial charge in [0.1, 0.15) is 12.0 Å². The summed E-state index contributed by atoms with van der Waals surface area (Å²) in [6.45, 7) is 3.63. The van der Waals surface area contributed by atoms with E-state index in [0.717, 1.165) is 76.6 Å². The SMILES string of the molecule is COc1ccc2c(c1)CC[C@]1(C=O)/C2=C(/CCCCCOCc2ccccc2)CC[C@@H](O)CCC1C. The van der Waals surface area contributed by atoms with Crippen molar-refractivity contribution in [3.8, 4) is 5.75 Å². The highest BCUT2D eigenvalue weighted by molar-refractivity contribution is 5.90. The number of fused-ring (bicyclic) bond motifs is 3. The predicted molar refractivity (Wildman–Crippen MR) is 145 cm³/mol. The standard InChI is InChI=1S/C32H42O4/c1-24-12-14-28(34)15-13-26(11-7-4-8-20-36-22-25-9-5-3-6-10-25)31-30-17-16-29(35-2)21-27(30)18-19-32(24,31)23-33/h3,5-6,9-10,16-17,21,23-24,28,34H,4,7-8,11-15,18-20,22H2,1-2H3/b31-26-/t24?,28-,32+/m0/s1. The fourth-order valence-corrected chi connectivity index (χ4v) is 6.16. The van der Waals surface area contributed by atoms with Crippen LogP contribution in [-0.4, -0.2) is 31.2 Å². The van der Waals surface area contributed by atoms with Gasteiger partial charge in [0.15, 0.2) is 0 Å². The summed E-state index contributed by atoms with van der Waals surface area (Å²) < 4.78 is 11.4. The molecule has 2 aliphatic rings. The van der Waals surface area contributed by atoms with Gasteiger partial charge in [-0.3, -0.25) is 0 Å². The van der Waals surface area contributed by atoms with Gasteiger partial charge in [-0.05, 0) is 98.1 Å². The lowest BCUT2D eigenvalue weighted by atomic mass is 9.60. The molecule has 2 aromatic carbocycles. The van der Waals surface area contributed by atoms with Crippen LogP contribution >= 0.6 is 0 Å². The number of aryl methyl sites for hydroxylation is 1. The Bertz CT molecular complexity index is 1030. The maximum atomic E-state index is 12.9. The first kappa shape index (κ1) is 26.6. The summed E-state index contributed by atoms with van der Waals surface area (Å²) in [6.07, 6.45) is 10.1. The van der Waals surface area contributed by atoms with E-state index in [1.54, 1.807) is 7.11 Å². The minimum Gasteiger partial charge on any atom is -0.497 e. The van der Waals surface area contributed by atoms with E-state index in [4.69, 9.17) is 9.47 Å². The second kappa shape index (κ2) is 12.7. The average Bonchev–Trinajstić information content (AvgIpc) is 2.96. The molecule has 4 heteroatoms. The summed E-state index contributed by atoms with van der Waals surface area (Å²) in [5.41, 5.74) is 5.86. The average molecular weight is 491 g/mol. The predicted octanol–water partition coefficient (Wildman–Crippen LogP) is 6.93. The van der Waals surface area contributed by atoms with E-state index in [1.165, 1.54) is 34.1 Å². The van der Waals surface area contributed by atoms with E-state index >= 15 is 0 Å². The third-order valence-corrected chi connectivity index (χ3v) is 8.39. The van der Waals surface area contributed by atoms with Crippen molar-refractivity contribution in [2.45, 2.75) is 83.8 Å². The van der Waals surface area contributed by atoms with Crippen molar-refractivity contribution in [3.63, 3.8) is 0 Å². The van der Waals surface area contributed by atoms with Crippen molar-refractivity contribution in [1.29, 1.82) is 0 Å². The summed E-state index contributed by atoms with van der Waals surface area (Å²) in [5, 5.41) is 10.6. The Morgan fingerprint density at radius 1 is 1.03 bits per heavy atom. The van der Waals surface area contributed by atoms with Crippen LogP contribution in [0.3, 0.4) is 0 Å². The zero-order chi connectivity index (χ0) is 25.4. The molecular weight excluding hydrogens is 448 g/mol. The molecule has 4 nitrogen and oxygen atoms in total. The Labute approximate surface area is 216 Å². The minimum atomic E-state index is -0.472. The van der Waals surface area contributed by atoms with Gasteiger partial charge in [0.2, 0.25) is 0 Å². The van der Waals surface area contributed by atoms with E-state index in [0.29, 0.717) is 6.61 Å². The van der Waals surface area contributed by atoms with Crippen LogP contribution < -0.4 is 4.74 Å². The molecule has 1 unspecified atom stereocenters. The van der Waals surface area contributed by atoms with Gasteiger partial charge in [-0.15, -0.1) is 0 Å². The number of aliphatic hydroxyl groups is 1. The number of ether oxygens (including phenoxy) is 2. The second-order valence-corrected chi connectivity index (χ2v) is 10.7. The van der Waals surface area contributed by atoms with Gasteiger partial charge >= 0.3 is 0 Å². The number of hydrogen-bond acceptors (Lipinski definition) is 4. The first-order chi connectivity index (χ1) is 17.6. The van der Waals surface area contributed by atoms with Gasteiger partial charge in [-0.1, -0.05) is 55.3 Å². The lowest BCUT2D eigenvalue weighted by molar-refractivity contribution is -0.116. The maximum absolute atomic E-state index is 12.9. The summed E-state index contributed by atoms with van der Waals surface area (Å²) in [7, 11) is 1.71. The molecule has 0 saturated heterocycles. The van der Waals surface area contributed by atoms with Crippen LogP contribution in [0.1, 0.15) is 81.4 Å². The maximum Gasteiger partial charge on any atom is 0.130 e. The van der Waals surface area contributed by atoms with Crippen LogP contribution in [-0.2, 0) is 22.6 Å². The van der Waals surface area contributed by atoms with Crippen LogP contribution in [0.25, 0.3) is 5.57 Å². The van der Waals surface area contributed by atoms with Gasteiger partial charge in [-0.25, -0.2) is 0 Å². The molecule has 0 aliphatic heterocycles. The van der Waals surface area contributed by atoms with Gasteiger partial charge < -0.3 is 19.4 Å². The molecule has 3 atom stereocenters. The molecule has 194 valence electrons. The lowest BCUT2D eigenvalue weighted by Crippen LogP contribution is -2.36. The van der Waals surface area contributed by atoms with Gasteiger partial charge in [-0.2, -0.15) is 0 Å². The molecule has 0 bridgehead atoms. The van der Waals surface area contributed by atoms with E-state index in [9.17, 15) is 9.90 Å². The van der Waals surface area contributed by atoms with Crippen molar-refractivity contribution in [2.24, 2.45) is 11.3 Å². The molecule has 0 aromatic heterocycles. The summed E-state index contributed by atoms with van der Waals surface area (Å²) in [6, 6.07) is 16.6. The van der Waals surface area contributed by atoms with Crippen molar-refractivity contribution in [3.05, 3.63) is 70.8 Å². The molecule has 1 N–H and O–H groups in total. The number of benzene rings is 2. The van der Waals surface area contributed by atoms with Crippen molar-refractivity contribution < 1.29 is 19.4 Å². The molecule has 2 aromatic rings. The lowest BCUT2D eigenvalue weighted by Gasteiger charge is -2.42. The fourth-order valence-electron chi connectivity index (χ4n) is 6.16. The Kier molecular flexibility index (Phi) is 9.39. The zero-order valence-corrected chi connectivity index (χ0v) is 22.0. The second-order valence-electron chi connectivity index (χ2n) is 10.7. The molecule has 0 heterocycles. The van der Waals surface area contributed by atoms with E-state index < -0.39 is 5.41 Å². The molecule has 0 radical (unpaired) electrons. The fraction of sp³-hybridized carbons (Fsp3) is 0.531. The highest BCUT2D eigenvalue weighted by Gasteiger charge is 2.45. The number of aldehydes is 1. The Hall–Kier alpha value is -2.43. The third-order valence-electron chi connectivity index (χ3n) is 8.39. The first-order valence-corrected chi connectivity index (χ1v) is 13.7. The van der Waals surface area contributed by atoms with Crippen LogP contribution in [0.15, 0.2) is 54.1 Å². The van der Waals surface area contributed by atoms with Crippen LogP contribution in [0.2, 0.25) is 0 Å². The highest BCUT2D eigenvalue weighted by Crippen LogP contribution is 2.53. The normalized spacial score (nSPS) is 26.2. The topological polar surface area (TPSA) is 55.8 Å². The quantitative estimate of drug-likeness (QED) is 0.290. The number of aliphatic hydroxyl groups excluding tert-OH is 1. The molecule has 2 aliphatic carbocycles. The van der Waals surface area contributed by atoms with Gasteiger partial charge in [0, 0.05) is 6.61 Å². The van der Waals surface area contributed by atoms with Crippen molar-refractivity contribution in [2.75, 3.05) is 13.7 Å². The number of rotatable bonds is 10. The van der Waals surface area contributed by atoms with E-state index in [2.05, 4.69) is 31.2 Å². The first-order valence-electron chi connectivity index (χ1n) is 13.7. The highest BCUT2D eigenvalue weighted by atomic mass is 16.5. The third kappa shape index (κ3) is 6.10. The van der Waals surface area contributed by atoms with Crippen LogP contribution in [0.5, 0.6) is 5.75 Å². The largest absolute Gasteiger partial charge is 0.497 e. The number of allylic oxidation sites excluding steroid dienone is 2. The number of carbonyl (C=O) groups is 1. The van der Waals surface area contributed by atoms with Crippen LogP contribution in [0, 0.1) is 11.3 Å². The minimum absolute atomic E-state index is 0.203. The molecule has 0 saturated carbocycles. The van der Waals surface area contributed by atoms with Crippen LogP contribution in [0.4, 0.5) is 0 Å². The smallest absolute Gasteiger partial charge is 0.130 e. The van der Waals surface area contributed by atoms with Gasteiger partial charge in [0.25, 0.3) is 0 Å². The molecular formula is C32H42O4. The van der Waals surface area contributed by atoms with E-state index in [-0.39, 0.29) is 12.0 Å². The molecule has 0 spiro atoms. The zero-order valence-electron chi connectivity index (χ0n) is 22.0. The molecule has 0 amide bonds. The number of carbonyl (C=O) groups excluding carboxylic acids is 1. The number of hydrogen-bond donors (Lipinski definition) is 1. The summed E-state index contributed by atoms with van der Waals surface area (Å²) >= 11 is 0. The number of methoxy groups -OCH3 is 1.